The SMILES string of the molecule is CC(C)(C)OC(=O)c1ccc(Br)cc1F.O=C(O)c1ccc(Br)cc1F. The van der Waals surface area contributed by atoms with Crippen LogP contribution in [0.3, 0.4) is 0 Å². The molecule has 2 aromatic carbocycles. The Morgan fingerprint density at radius 2 is 1.35 bits per heavy atom. The molecular formula is C18H16Br2F2O4. The highest BCUT2D eigenvalue weighted by atomic mass is 79.9. The third kappa shape index (κ3) is 7.21. The number of carbonyl (C=O) groups is 2. The summed E-state index contributed by atoms with van der Waals surface area (Å²) < 4.78 is 32.2. The maximum absolute atomic E-state index is 13.3. The molecule has 0 radical (unpaired) electrons. The predicted molar refractivity (Wildman–Crippen MR) is 100 cm³/mol. The quantitative estimate of drug-likeness (QED) is 0.534. The van der Waals surface area contributed by atoms with Gasteiger partial charge in [-0.3, -0.25) is 0 Å². The van der Waals surface area contributed by atoms with Crippen molar-refractivity contribution in [3.8, 4) is 0 Å². The minimum Gasteiger partial charge on any atom is -0.478 e. The molecule has 26 heavy (non-hydrogen) atoms. The molecule has 0 aromatic heterocycles. The Morgan fingerprint density at radius 1 is 0.923 bits per heavy atom. The first kappa shape index (κ1) is 22.2. The van der Waals surface area contributed by atoms with Gasteiger partial charge in [-0.05, 0) is 57.2 Å². The van der Waals surface area contributed by atoms with Gasteiger partial charge in [0.05, 0.1) is 11.1 Å². The first-order valence-electron chi connectivity index (χ1n) is 7.27. The van der Waals surface area contributed by atoms with Gasteiger partial charge in [-0.2, -0.15) is 0 Å². The molecule has 0 aliphatic heterocycles. The lowest BCUT2D eigenvalue weighted by Crippen LogP contribution is -2.24. The van der Waals surface area contributed by atoms with E-state index < -0.39 is 29.2 Å². The zero-order chi connectivity index (χ0) is 20.1. The number of rotatable bonds is 2. The molecule has 0 atom stereocenters. The van der Waals surface area contributed by atoms with E-state index in [0.717, 1.165) is 6.07 Å². The molecule has 0 unspecified atom stereocenters. The third-order valence-electron chi connectivity index (χ3n) is 2.71. The normalized spacial score (nSPS) is 10.6. The van der Waals surface area contributed by atoms with E-state index in [-0.39, 0.29) is 11.1 Å². The van der Waals surface area contributed by atoms with E-state index in [4.69, 9.17) is 9.84 Å². The number of benzene rings is 2. The number of ether oxygens (including phenoxy) is 1. The number of carboxylic acids is 1. The minimum absolute atomic E-state index is 0.0480. The summed E-state index contributed by atoms with van der Waals surface area (Å²) in [6.07, 6.45) is 0. The van der Waals surface area contributed by atoms with Crippen molar-refractivity contribution in [3.05, 3.63) is 68.1 Å². The van der Waals surface area contributed by atoms with Crippen molar-refractivity contribution < 1.29 is 28.2 Å². The van der Waals surface area contributed by atoms with Gasteiger partial charge in [-0.1, -0.05) is 31.9 Å². The Bertz CT molecular complexity index is 817. The molecule has 0 saturated carbocycles. The van der Waals surface area contributed by atoms with E-state index in [1.165, 1.54) is 24.3 Å². The van der Waals surface area contributed by atoms with Crippen LogP contribution in [0.1, 0.15) is 41.5 Å². The topological polar surface area (TPSA) is 63.6 Å². The number of hydrogen-bond donors (Lipinski definition) is 1. The summed E-state index contributed by atoms with van der Waals surface area (Å²) >= 11 is 6.13. The molecule has 2 aromatic rings. The number of carboxylic acid groups (broad SMARTS) is 1. The second kappa shape index (κ2) is 9.23. The average Bonchev–Trinajstić information content (AvgIpc) is 2.45. The molecule has 1 N–H and O–H groups in total. The fourth-order valence-corrected chi connectivity index (χ4v) is 2.32. The van der Waals surface area contributed by atoms with Gasteiger partial charge in [0, 0.05) is 8.95 Å². The van der Waals surface area contributed by atoms with Gasteiger partial charge in [-0.25, -0.2) is 18.4 Å². The lowest BCUT2D eigenvalue weighted by Gasteiger charge is -2.19. The molecule has 0 aliphatic carbocycles. The van der Waals surface area contributed by atoms with E-state index in [2.05, 4.69) is 31.9 Å². The second-order valence-electron chi connectivity index (χ2n) is 6.06. The van der Waals surface area contributed by atoms with Gasteiger partial charge in [-0.15, -0.1) is 0 Å². The van der Waals surface area contributed by atoms with Crippen LogP contribution in [0, 0.1) is 11.6 Å². The summed E-state index contributed by atoms with van der Waals surface area (Å²) in [4.78, 5) is 21.8. The first-order valence-corrected chi connectivity index (χ1v) is 8.86. The molecule has 0 fully saturated rings. The number of carbonyl (C=O) groups excluding carboxylic acids is 1. The third-order valence-corrected chi connectivity index (χ3v) is 3.70. The fraction of sp³-hybridized carbons (Fsp3) is 0.222. The zero-order valence-electron chi connectivity index (χ0n) is 14.1. The molecule has 0 heterocycles. The average molecular weight is 494 g/mol. The lowest BCUT2D eigenvalue weighted by atomic mass is 10.1. The highest BCUT2D eigenvalue weighted by Gasteiger charge is 2.20. The molecule has 4 nitrogen and oxygen atoms in total. The van der Waals surface area contributed by atoms with Crippen molar-refractivity contribution in [1.82, 2.24) is 0 Å². The summed E-state index contributed by atoms with van der Waals surface area (Å²) in [6, 6.07) is 8.03. The summed E-state index contributed by atoms with van der Waals surface area (Å²) in [5.74, 6) is -3.21. The van der Waals surface area contributed by atoms with Gasteiger partial charge in [0.25, 0.3) is 0 Å². The minimum atomic E-state index is -1.25. The Morgan fingerprint density at radius 3 is 1.69 bits per heavy atom. The van der Waals surface area contributed by atoms with Crippen LogP contribution in [0.25, 0.3) is 0 Å². The van der Waals surface area contributed by atoms with E-state index in [0.29, 0.717) is 8.95 Å². The van der Waals surface area contributed by atoms with Crippen LogP contribution in [0.15, 0.2) is 45.3 Å². The van der Waals surface area contributed by atoms with Gasteiger partial charge >= 0.3 is 11.9 Å². The molecule has 0 bridgehead atoms. The van der Waals surface area contributed by atoms with Crippen LogP contribution in [0.5, 0.6) is 0 Å². The van der Waals surface area contributed by atoms with Crippen LogP contribution in [0.4, 0.5) is 8.78 Å². The molecule has 140 valence electrons. The van der Waals surface area contributed by atoms with Crippen LogP contribution >= 0.6 is 31.9 Å². The number of halogens is 4. The molecule has 2 rings (SSSR count). The van der Waals surface area contributed by atoms with Crippen molar-refractivity contribution in [2.75, 3.05) is 0 Å². The Labute approximate surface area is 166 Å². The highest BCUT2D eigenvalue weighted by Crippen LogP contribution is 2.18. The maximum Gasteiger partial charge on any atom is 0.341 e. The molecule has 0 amide bonds. The predicted octanol–water partition coefficient (Wildman–Crippen LogP) is 5.83. The maximum atomic E-state index is 13.3. The first-order chi connectivity index (χ1) is 11.9. The van der Waals surface area contributed by atoms with Crippen molar-refractivity contribution in [3.63, 3.8) is 0 Å². The Kier molecular flexibility index (Phi) is 7.89. The Hall–Kier alpha value is -1.80. The van der Waals surface area contributed by atoms with Crippen LogP contribution in [-0.2, 0) is 4.74 Å². The van der Waals surface area contributed by atoms with Gasteiger partial charge < -0.3 is 9.84 Å². The van der Waals surface area contributed by atoms with E-state index >= 15 is 0 Å². The van der Waals surface area contributed by atoms with Gasteiger partial charge in [0.1, 0.15) is 17.2 Å². The summed E-state index contributed by atoms with van der Waals surface area (Å²) in [7, 11) is 0. The largest absolute Gasteiger partial charge is 0.478 e. The molecule has 0 saturated heterocycles. The van der Waals surface area contributed by atoms with Crippen molar-refractivity contribution in [2.24, 2.45) is 0 Å². The standard InChI is InChI=1S/C11H12BrFO2.C7H4BrFO2/c1-11(2,3)15-10(14)8-5-4-7(12)6-9(8)13;8-4-1-2-5(7(10)11)6(9)3-4/h4-6H,1-3H3;1-3H,(H,10,11). The summed E-state index contributed by atoms with van der Waals surface area (Å²) in [5, 5.41) is 8.40. The highest BCUT2D eigenvalue weighted by molar-refractivity contribution is 9.10. The number of hydrogen-bond acceptors (Lipinski definition) is 3. The lowest BCUT2D eigenvalue weighted by molar-refractivity contribution is 0.00645. The Balaban J connectivity index is 0.000000273. The molecular weight excluding hydrogens is 478 g/mol. The van der Waals surface area contributed by atoms with E-state index in [1.807, 2.05) is 0 Å². The van der Waals surface area contributed by atoms with Gasteiger partial charge in [0.2, 0.25) is 0 Å². The fourth-order valence-electron chi connectivity index (χ4n) is 1.65. The summed E-state index contributed by atoms with van der Waals surface area (Å²) in [5.41, 5.74) is -0.974. The van der Waals surface area contributed by atoms with Crippen molar-refractivity contribution >= 4 is 43.8 Å². The van der Waals surface area contributed by atoms with Crippen LogP contribution in [0.2, 0.25) is 0 Å². The van der Waals surface area contributed by atoms with Crippen molar-refractivity contribution in [2.45, 2.75) is 26.4 Å². The second-order valence-corrected chi connectivity index (χ2v) is 7.89. The zero-order valence-corrected chi connectivity index (χ0v) is 17.3. The molecule has 8 heteroatoms. The van der Waals surface area contributed by atoms with Crippen LogP contribution < -0.4 is 0 Å². The van der Waals surface area contributed by atoms with Gasteiger partial charge in [0.15, 0.2) is 0 Å². The number of esters is 1. The molecule has 0 spiro atoms. The van der Waals surface area contributed by atoms with Crippen molar-refractivity contribution in [1.29, 1.82) is 0 Å². The monoisotopic (exact) mass is 492 g/mol. The van der Waals surface area contributed by atoms with E-state index in [9.17, 15) is 18.4 Å². The molecule has 0 aliphatic rings. The summed E-state index contributed by atoms with van der Waals surface area (Å²) in [6.45, 7) is 5.21. The van der Waals surface area contributed by atoms with Crippen LogP contribution in [-0.4, -0.2) is 22.6 Å². The smallest absolute Gasteiger partial charge is 0.341 e. The number of aromatic carboxylic acids is 1. The van der Waals surface area contributed by atoms with E-state index in [1.54, 1.807) is 26.8 Å².